The lowest BCUT2D eigenvalue weighted by molar-refractivity contribution is 0.0695. The predicted molar refractivity (Wildman–Crippen MR) is 98.4 cm³/mol. The maximum absolute atomic E-state index is 12.5. The molecule has 0 atom stereocenters. The fourth-order valence-electron chi connectivity index (χ4n) is 2.99. The molecule has 1 aromatic carbocycles. The van der Waals surface area contributed by atoms with Crippen LogP contribution in [0.1, 0.15) is 15.9 Å². The average molecular weight is 368 g/mol. The summed E-state index contributed by atoms with van der Waals surface area (Å²) in [6, 6.07) is 10.1. The molecule has 0 amide bonds. The summed E-state index contributed by atoms with van der Waals surface area (Å²) in [6.45, 7) is 0.161. The number of fused-ring (bicyclic) bond motifs is 2. The summed E-state index contributed by atoms with van der Waals surface area (Å²) in [5, 5.41) is 21.9. The minimum absolute atomic E-state index is 0.161. The molecule has 3 heterocycles. The normalized spacial score (nSPS) is 11.2. The minimum Gasteiger partial charge on any atom is -0.502 e. The number of pyridine rings is 2. The van der Waals surface area contributed by atoms with Gasteiger partial charge in [0, 0.05) is 11.6 Å². The Morgan fingerprint density at radius 3 is 2.73 bits per heavy atom. The topological polar surface area (TPSA) is 112 Å². The van der Waals surface area contributed by atoms with Crippen molar-refractivity contribution < 1.29 is 15.0 Å². The lowest BCUT2D eigenvalue weighted by atomic mass is 10.1. The highest BCUT2D eigenvalue weighted by Crippen LogP contribution is 2.29. The molecule has 0 unspecified atom stereocenters. The fourth-order valence-corrected chi connectivity index (χ4v) is 3.93. The molecule has 26 heavy (non-hydrogen) atoms. The van der Waals surface area contributed by atoms with Crippen molar-refractivity contribution in [1.82, 2.24) is 9.55 Å². The number of nitrogens with one attached hydrogen (secondary N) is 1. The lowest BCUT2D eigenvalue weighted by Gasteiger charge is -2.11. The monoisotopic (exact) mass is 368 g/mol. The van der Waals surface area contributed by atoms with Crippen LogP contribution < -0.4 is 11.1 Å². The zero-order chi connectivity index (χ0) is 18.4. The number of H-pyrrole nitrogens is 1. The number of benzene rings is 1. The number of aromatic amines is 1. The Morgan fingerprint density at radius 1 is 1.15 bits per heavy atom. The van der Waals surface area contributed by atoms with Crippen LogP contribution in [0.3, 0.4) is 0 Å². The highest BCUT2D eigenvalue weighted by Gasteiger charge is 2.22. The van der Waals surface area contributed by atoms with Gasteiger partial charge in [-0.1, -0.05) is 6.07 Å². The zero-order valence-corrected chi connectivity index (χ0v) is 14.0. The van der Waals surface area contributed by atoms with E-state index in [1.807, 2.05) is 6.07 Å². The highest BCUT2D eigenvalue weighted by atomic mass is 32.1. The van der Waals surface area contributed by atoms with Crippen LogP contribution in [0.15, 0.2) is 51.4 Å². The largest absolute Gasteiger partial charge is 0.502 e. The van der Waals surface area contributed by atoms with Gasteiger partial charge in [0.1, 0.15) is 5.56 Å². The van der Waals surface area contributed by atoms with Gasteiger partial charge < -0.3 is 15.2 Å². The molecular formula is C18H12N2O5S. The number of rotatable bonds is 3. The summed E-state index contributed by atoms with van der Waals surface area (Å²) in [5.74, 6) is -2.11. The first kappa shape index (κ1) is 16.1. The van der Waals surface area contributed by atoms with Crippen LogP contribution in [0.4, 0.5) is 0 Å². The third-order valence-electron chi connectivity index (χ3n) is 4.19. The first-order valence-electron chi connectivity index (χ1n) is 7.64. The van der Waals surface area contributed by atoms with Crippen molar-refractivity contribution in [2.24, 2.45) is 0 Å². The van der Waals surface area contributed by atoms with E-state index in [1.54, 1.807) is 29.6 Å². The maximum Gasteiger partial charge on any atom is 0.341 e. The second kappa shape index (κ2) is 5.85. The Morgan fingerprint density at radius 2 is 1.96 bits per heavy atom. The first-order valence-corrected chi connectivity index (χ1v) is 8.52. The van der Waals surface area contributed by atoms with Gasteiger partial charge in [-0.2, -0.15) is 0 Å². The van der Waals surface area contributed by atoms with Crippen LogP contribution in [-0.4, -0.2) is 25.7 Å². The minimum atomic E-state index is -1.34. The summed E-state index contributed by atoms with van der Waals surface area (Å²) < 4.78 is 1.69. The molecule has 0 saturated heterocycles. The number of hydrogen-bond donors (Lipinski definition) is 3. The zero-order valence-electron chi connectivity index (χ0n) is 13.2. The summed E-state index contributed by atoms with van der Waals surface area (Å²) in [6.07, 6.45) is 0. The smallest absolute Gasteiger partial charge is 0.341 e. The Balaban J connectivity index is 1.89. The van der Waals surface area contributed by atoms with Gasteiger partial charge in [-0.05, 0) is 40.6 Å². The Bertz CT molecular complexity index is 1300. The van der Waals surface area contributed by atoms with Crippen LogP contribution >= 0.6 is 11.3 Å². The van der Waals surface area contributed by atoms with E-state index in [1.165, 1.54) is 10.6 Å². The van der Waals surface area contributed by atoms with E-state index >= 15 is 0 Å². The molecular weight excluding hydrogens is 356 g/mol. The molecule has 0 bridgehead atoms. The second-order valence-electron chi connectivity index (χ2n) is 5.80. The van der Waals surface area contributed by atoms with Crippen molar-refractivity contribution in [2.45, 2.75) is 6.54 Å². The van der Waals surface area contributed by atoms with Gasteiger partial charge in [0.2, 0.25) is 5.56 Å². The summed E-state index contributed by atoms with van der Waals surface area (Å²) in [7, 11) is 0. The Hall–Kier alpha value is -3.39. The Labute approximate surface area is 149 Å². The van der Waals surface area contributed by atoms with Gasteiger partial charge in [-0.15, -0.1) is 11.3 Å². The molecule has 4 rings (SSSR count). The van der Waals surface area contributed by atoms with Crippen LogP contribution in [0, 0.1) is 0 Å². The molecule has 130 valence electrons. The molecule has 3 aromatic heterocycles. The van der Waals surface area contributed by atoms with Gasteiger partial charge in [0.25, 0.3) is 5.56 Å². The molecule has 0 fully saturated rings. The highest BCUT2D eigenvalue weighted by molar-refractivity contribution is 7.17. The van der Waals surface area contributed by atoms with Gasteiger partial charge in [-0.3, -0.25) is 14.2 Å². The van der Waals surface area contributed by atoms with Crippen molar-refractivity contribution in [2.75, 3.05) is 0 Å². The van der Waals surface area contributed by atoms with E-state index in [9.17, 15) is 24.6 Å². The van der Waals surface area contributed by atoms with E-state index in [-0.39, 0.29) is 17.7 Å². The molecule has 0 aliphatic heterocycles. The van der Waals surface area contributed by atoms with Gasteiger partial charge in [0.15, 0.2) is 5.75 Å². The van der Waals surface area contributed by atoms with Gasteiger partial charge >= 0.3 is 5.97 Å². The predicted octanol–water partition coefficient (Wildman–Crippen LogP) is 2.36. The third kappa shape index (κ3) is 2.47. The fraction of sp³-hybridized carbons (Fsp3) is 0.0556. The summed E-state index contributed by atoms with van der Waals surface area (Å²) in [4.78, 5) is 38.0. The maximum atomic E-state index is 12.5. The Kier molecular flexibility index (Phi) is 3.62. The summed E-state index contributed by atoms with van der Waals surface area (Å²) >= 11 is 1.15. The van der Waals surface area contributed by atoms with E-state index in [2.05, 4.69) is 4.98 Å². The van der Waals surface area contributed by atoms with E-state index in [0.717, 1.165) is 22.3 Å². The molecule has 3 N–H and O–H groups in total. The molecule has 0 spiro atoms. The quantitative estimate of drug-likeness (QED) is 0.514. The molecule has 0 aliphatic rings. The SMILES string of the molecule is O=C(O)c1c(O)c(=O)n(Cc2ccc3[nH]c(=O)ccc3c2)c2ccsc12. The first-order chi connectivity index (χ1) is 12.5. The molecule has 0 aliphatic carbocycles. The van der Waals surface area contributed by atoms with Crippen molar-refractivity contribution in [3.63, 3.8) is 0 Å². The number of carboxylic acid groups (broad SMARTS) is 1. The third-order valence-corrected chi connectivity index (χ3v) is 5.11. The van der Waals surface area contributed by atoms with Crippen molar-refractivity contribution in [3.05, 3.63) is 73.6 Å². The standard InChI is InChI=1S/C18H12N2O5S/c21-13-4-2-10-7-9(1-3-11(10)19-13)8-20-12-5-6-26-16(12)14(18(24)25)15(22)17(20)23/h1-7,22H,8H2,(H,19,21)(H,24,25). The van der Waals surface area contributed by atoms with E-state index < -0.39 is 17.3 Å². The van der Waals surface area contributed by atoms with Crippen molar-refractivity contribution in [3.8, 4) is 5.75 Å². The second-order valence-corrected chi connectivity index (χ2v) is 6.72. The number of aromatic nitrogens is 2. The van der Waals surface area contributed by atoms with E-state index in [0.29, 0.717) is 15.7 Å². The average Bonchev–Trinajstić information content (AvgIpc) is 3.07. The number of aromatic hydroxyl groups is 1. The number of aromatic carboxylic acids is 1. The van der Waals surface area contributed by atoms with Crippen LogP contribution in [0.2, 0.25) is 0 Å². The number of carbonyl (C=O) groups is 1. The molecule has 4 aromatic rings. The summed E-state index contributed by atoms with van der Waals surface area (Å²) in [5.41, 5.74) is 0.592. The number of thiophene rings is 1. The van der Waals surface area contributed by atoms with Gasteiger partial charge in [0.05, 0.1) is 16.8 Å². The van der Waals surface area contributed by atoms with Crippen LogP contribution in [0.25, 0.3) is 21.1 Å². The van der Waals surface area contributed by atoms with Gasteiger partial charge in [-0.25, -0.2) is 4.79 Å². The molecule has 8 heteroatoms. The number of carboxylic acids is 1. The molecule has 0 radical (unpaired) electrons. The molecule has 7 nitrogen and oxygen atoms in total. The van der Waals surface area contributed by atoms with Crippen LogP contribution in [-0.2, 0) is 6.54 Å². The molecule has 0 saturated carbocycles. The van der Waals surface area contributed by atoms with E-state index in [4.69, 9.17) is 0 Å². The lowest BCUT2D eigenvalue weighted by Crippen LogP contribution is -2.22. The van der Waals surface area contributed by atoms with Crippen molar-refractivity contribution >= 4 is 38.4 Å². The van der Waals surface area contributed by atoms with Crippen LogP contribution in [0.5, 0.6) is 5.75 Å². The number of nitrogens with zero attached hydrogens (tertiary/aromatic N) is 1. The van der Waals surface area contributed by atoms with Crippen molar-refractivity contribution in [1.29, 1.82) is 0 Å². The number of hydrogen-bond acceptors (Lipinski definition) is 5.